The van der Waals surface area contributed by atoms with Gasteiger partial charge in [-0.2, -0.15) is 34.8 Å². The molecule has 0 bridgehead atoms. The summed E-state index contributed by atoms with van der Waals surface area (Å²) in [4.78, 5) is 0.0328. The molecule has 150 valence electrons. The number of aromatic nitrogens is 1. The Labute approximate surface area is 157 Å². The van der Waals surface area contributed by atoms with E-state index in [1.54, 1.807) is 0 Å². The zero-order valence-electron chi connectivity index (χ0n) is 13.2. The number of hydrogen-bond donors (Lipinski definition) is 0. The number of rotatable bonds is 4. The normalized spacial score (nSPS) is 12.9. The largest absolute Gasteiger partial charge is 0.452 e. The number of benzene rings is 1. The fraction of sp³-hybridized carbons (Fsp3) is 0.133. The first-order valence-corrected chi connectivity index (χ1v) is 9.34. The topological polar surface area (TPSA) is 69.4 Å². The molecular weight excluding hydrogens is 436 g/mol. The average molecular weight is 443 g/mol. The van der Waals surface area contributed by atoms with Crippen molar-refractivity contribution in [3.63, 3.8) is 0 Å². The lowest BCUT2D eigenvalue weighted by Gasteiger charge is -2.09. The second kappa shape index (κ2) is 6.81. The maximum absolute atomic E-state index is 12.7. The highest BCUT2D eigenvalue weighted by molar-refractivity contribution is 7.89. The zero-order valence-corrected chi connectivity index (χ0v) is 14.8. The van der Waals surface area contributed by atoms with Crippen LogP contribution in [0, 0.1) is 0 Å². The van der Waals surface area contributed by atoms with E-state index in [0.29, 0.717) is 23.5 Å². The highest BCUT2D eigenvalue weighted by Gasteiger charge is 2.36. The van der Waals surface area contributed by atoms with Crippen molar-refractivity contribution in [2.24, 2.45) is 0 Å². The summed E-state index contributed by atoms with van der Waals surface area (Å²) >= 11 is 0.521. The van der Waals surface area contributed by atoms with E-state index >= 15 is 0 Å². The summed E-state index contributed by atoms with van der Waals surface area (Å²) in [5, 5.41) is 3.23. The average Bonchev–Trinajstić information content (AvgIpc) is 3.23. The predicted molar refractivity (Wildman–Crippen MR) is 84.1 cm³/mol. The third kappa shape index (κ3) is 4.30. The lowest BCUT2D eigenvalue weighted by Crippen LogP contribution is -2.10. The van der Waals surface area contributed by atoms with Crippen molar-refractivity contribution < 1.29 is 43.5 Å². The van der Waals surface area contributed by atoms with Gasteiger partial charge in [-0.05, 0) is 30.3 Å². The van der Waals surface area contributed by atoms with Gasteiger partial charge < -0.3 is 8.71 Å². The first-order chi connectivity index (χ1) is 12.9. The number of halogens is 6. The number of nitrogens with zero attached hydrogens (tertiary/aromatic N) is 1. The molecule has 0 fully saturated rings. The van der Waals surface area contributed by atoms with Crippen molar-refractivity contribution in [3.05, 3.63) is 53.8 Å². The minimum atomic E-state index is -4.76. The molecule has 0 unspecified atom stereocenters. The van der Waals surface area contributed by atoms with Crippen LogP contribution in [0.2, 0.25) is 0 Å². The van der Waals surface area contributed by atoms with Gasteiger partial charge in [0.05, 0.1) is 10.4 Å². The molecule has 2 aromatic heterocycles. The van der Waals surface area contributed by atoms with Gasteiger partial charge >= 0.3 is 22.5 Å². The molecule has 2 heterocycles. The molecule has 13 heteroatoms. The Kier molecular flexibility index (Phi) is 4.91. The Balaban J connectivity index is 1.85. The molecule has 0 saturated heterocycles. The second-order valence-electron chi connectivity index (χ2n) is 5.26. The minimum Gasteiger partial charge on any atom is -0.378 e. The molecule has 0 spiro atoms. The Bertz CT molecular complexity index is 1100. The van der Waals surface area contributed by atoms with E-state index in [2.05, 4.69) is 9.68 Å². The van der Waals surface area contributed by atoms with Crippen molar-refractivity contribution in [1.29, 1.82) is 0 Å². The van der Waals surface area contributed by atoms with Crippen molar-refractivity contribution in [2.75, 3.05) is 0 Å². The van der Waals surface area contributed by atoms with Gasteiger partial charge in [0.1, 0.15) is 11.4 Å². The third-order valence-electron chi connectivity index (χ3n) is 3.24. The van der Waals surface area contributed by atoms with Gasteiger partial charge in [-0.15, -0.1) is 11.3 Å². The van der Waals surface area contributed by atoms with E-state index in [-0.39, 0.29) is 10.6 Å². The highest BCUT2D eigenvalue weighted by Crippen LogP contribution is 2.36. The van der Waals surface area contributed by atoms with Crippen LogP contribution >= 0.6 is 11.3 Å². The predicted octanol–water partition coefficient (Wildman–Crippen LogP) is 5.21. The van der Waals surface area contributed by atoms with Gasteiger partial charge in [-0.1, -0.05) is 11.2 Å². The summed E-state index contributed by atoms with van der Waals surface area (Å²) in [5.74, 6) is -1.92. The lowest BCUT2D eigenvalue weighted by molar-refractivity contribution is -0.155. The van der Waals surface area contributed by atoms with Crippen molar-refractivity contribution in [2.45, 2.75) is 16.6 Å². The summed E-state index contributed by atoms with van der Waals surface area (Å²) < 4.78 is 109. The van der Waals surface area contributed by atoms with Crippen LogP contribution < -0.4 is 4.18 Å². The third-order valence-corrected chi connectivity index (χ3v) is 6.04. The smallest absolute Gasteiger partial charge is 0.378 e. The van der Waals surface area contributed by atoms with E-state index < -0.39 is 43.8 Å². The van der Waals surface area contributed by atoms with Crippen LogP contribution in [0.1, 0.15) is 11.3 Å². The van der Waals surface area contributed by atoms with Crippen LogP contribution in [0.3, 0.4) is 0 Å². The Morgan fingerprint density at radius 1 is 0.964 bits per heavy atom. The molecule has 1 aromatic carbocycles. The fourth-order valence-electron chi connectivity index (χ4n) is 2.01. The molecule has 3 rings (SSSR count). The van der Waals surface area contributed by atoms with E-state index in [1.165, 1.54) is 6.07 Å². The SMILES string of the molecule is O=S(=O)(Oc1cccc(C(F)(F)F)c1)c1ccc(-c2cc(C(F)(F)F)on2)s1. The molecular formula is C15H7F6NO4S2. The van der Waals surface area contributed by atoms with E-state index in [9.17, 15) is 34.8 Å². The van der Waals surface area contributed by atoms with Crippen LogP contribution in [0.5, 0.6) is 5.75 Å². The van der Waals surface area contributed by atoms with Crippen LogP contribution in [0.4, 0.5) is 26.3 Å². The Morgan fingerprint density at radius 3 is 2.29 bits per heavy atom. The maximum atomic E-state index is 12.7. The van der Waals surface area contributed by atoms with E-state index in [1.807, 2.05) is 0 Å². The molecule has 0 amide bonds. The highest BCUT2D eigenvalue weighted by atomic mass is 32.3. The summed E-state index contributed by atoms with van der Waals surface area (Å²) in [7, 11) is -4.51. The van der Waals surface area contributed by atoms with Gasteiger partial charge in [0.2, 0.25) is 5.76 Å². The van der Waals surface area contributed by atoms with Gasteiger partial charge in [0.25, 0.3) is 0 Å². The molecule has 0 aliphatic heterocycles. The molecule has 28 heavy (non-hydrogen) atoms. The first kappa shape index (κ1) is 20.2. The molecule has 0 aliphatic carbocycles. The van der Waals surface area contributed by atoms with Crippen molar-refractivity contribution in [1.82, 2.24) is 5.16 Å². The lowest BCUT2D eigenvalue weighted by atomic mass is 10.2. The first-order valence-electron chi connectivity index (χ1n) is 7.12. The van der Waals surface area contributed by atoms with Gasteiger partial charge in [-0.3, -0.25) is 0 Å². The van der Waals surface area contributed by atoms with E-state index in [0.717, 1.165) is 24.3 Å². The van der Waals surface area contributed by atoms with Crippen molar-refractivity contribution >= 4 is 21.5 Å². The second-order valence-corrected chi connectivity index (χ2v) is 8.11. The molecule has 5 nitrogen and oxygen atoms in total. The molecule has 0 saturated carbocycles. The minimum absolute atomic E-state index is 0.0328. The van der Waals surface area contributed by atoms with Crippen LogP contribution in [-0.2, 0) is 22.5 Å². The quantitative estimate of drug-likeness (QED) is 0.409. The molecule has 0 aliphatic rings. The Hall–Kier alpha value is -2.54. The van der Waals surface area contributed by atoms with E-state index in [4.69, 9.17) is 4.18 Å². The number of hydrogen-bond acceptors (Lipinski definition) is 6. The number of thiophene rings is 1. The van der Waals surface area contributed by atoms with Gasteiger partial charge in [0.15, 0.2) is 4.21 Å². The van der Waals surface area contributed by atoms with Crippen molar-refractivity contribution in [3.8, 4) is 16.3 Å². The standard InChI is InChI=1S/C15H7F6NO4S2/c16-14(17,18)8-2-1-3-9(6-8)26-28(23,24)13-5-4-11(27-13)10-7-12(25-22-10)15(19,20)21/h1-7H. The summed E-state index contributed by atoms with van der Waals surface area (Å²) in [6.45, 7) is 0. The number of alkyl halides is 6. The Morgan fingerprint density at radius 2 is 1.68 bits per heavy atom. The monoisotopic (exact) mass is 443 g/mol. The maximum Gasteiger partial charge on any atom is 0.452 e. The van der Waals surface area contributed by atoms with Crippen LogP contribution in [-0.4, -0.2) is 13.6 Å². The molecule has 0 radical (unpaired) electrons. The molecule has 0 N–H and O–H groups in total. The van der Waals surface area contributed by atoms with Crippen LogP contribution in [0.25, 0.3) is 10.6 Å². The van der Waals surface area contributed by atoms with Gasteiger partial charge in [0, 0.05) is 6.07 Å². The fourth-order valence-corrected chi connectivity index (χ4v) is 4.15. The molecule has 0 atom stereocenters. The summed E-state index contributed by atoms with van der Waals surface area (Å²) in [6.07, 6.45) is -9.45. The zero-order chi connectivity index (χ0) is 20.7. The van der Waals surface area contributed by atoms with Crippen LogP contribution in [0.15, 0.2) is 51.2 Å². The summed E-state index contributed by atoms with van der Waals surface area (Å²) in [5.41, 5.74) is -1.35. The molecule has 3 aromatic rings. The summed E-state index contributed by atoms with van der Waals surface area (Å²) in [6, 6.07) is 6.05. The van der Waals surface area contributed by atoms with Gasteiger partial charge in [-0.25, -0.2) is 0 Å².